The second-order valence-corrected chi connectivity index (χ2v) is 5.09. The van der Waals surface area contributed by atoms with E-state index in [1.165, 1.54) is 0 Å². The molecule has 1 aromatic heterocycles. The van der Waals surface area contributed by atoms with E-state index in [-0.39, 0.29) is 16.7 Å². The molecule has 0 aliphatic carbocycles. The Morgan fingerprint density at radius 2 is 2.05 bits per heavy atom. The molecule has 0 spiro atoms. The van der Waals surface area contributed by atoms with Crippen LogP contribution in [0.3, 0.4) is 0 Å². The minimum Gasteiger partial charge on any atom is -0.324 e. The predicted octanol–water partition coefficient (Wildman–Crippen LogP) is 2.52. The van der Waals surface area contributed by atoms with Crippen LogP contribution in [0.2, 0.25) is 0 Å². The van der Waals surface area contributed by atoms with Crippen molar-refractivity contribution < 1.29 is 4.92 Å². The van der Waals surface area contributed by atoms with Crippen molar-refractivity contribution in [2.24, 2.45) is 12.8 Å². The van der Waals surface area contributed by atoms with Gasteiger partial charge in [-0.15, -0.1) is 0 Å². The van der Waals surface area contributed by atoms with E-state index in [1.807, 2.05) is 37.3 Å². The number of hydrogen-bond donors (Lipinski definition) is 1. The van der Waals surface area contributed by atoms with Gasteiger partial charge in [0.05, 0.1) is 4.92 Å². The Morgan fingerprint density at radius 3 is 2.62 bits per heavy atom. The number of benzene rings is 1. The van der Waals surface area contributed by atoms with E-state index in [0.717, 1.165) is 12.0 Å². The molecule has 0 saturated carbocycles. The zero-order valence-electron chi connectivity index (χ0n) is 12.3. The first kappa shape index (κ1) is 15.2. The second-order valence-electron chi connectivity index (χ2n) is 5.09. The highest BCUT2D eigenvalue weighted by Crippen LogP contribution is 2.27. The number of nitrogens with two attached hydrogens (primary N) is 1. The van der Waals surface area contributed by atoms with E-state index in [1.54, 1.807) is 11.7 Å². The van der Waals surface area contributed by atoms with E-state index in [9.17, 15) is 10.1 Å². The molecule has 1 heterocycles. The van der Waals surface area contributed by atoms with Gasteiger partial charge in [-0.3, -0.25) is 14.8 Å². The summed E-state index contributed by atoms with van der Waals surface area (Å²) in [7, 11) is 1.74. The maximum atomic E-state index is 11.4. The summed E-state index contributed by atoms with van der Waals surface area (Å²) < 4.78 is 1.59. The van der Waals surface area contributed by atoms with Crippen molar-refractivity contribution in [2.75, 3.05) is 0 Å². The summed E-state index contributed by atoms with van der Waals surface area (Å²) in [4.78, 5) is 11.0. The number of nitrogens with zero attached hydrogens (tertiary/aromatic N) is 3. The first-order valence-electron chi connectivity index (χ1n) is 7.04. The topological polar surface area (TPSA) is 87.0 Å². The SMILES string of the molecule is CCCc1nn(C)c(CC(N)c2ccccc2)c1[N+](=O)[O-]. The molecule has 21 heavy (non-hydrogen) atoms. The van der Waals surface area contributed by atoms with Crippen molar-refractivity contribution in [1.82, 2.24) is 9.78 Å². The molecule has 6 nitrogen and oxygen atoms in total. The van der Waals surface area contributed by atoms with E-state index in [4.69, 9.17) is 5.73 Å². The fourth-order valence-corrected chi connectivity index (χ4v) is 2.48. The predicted molar refractivity (Wildman–Crippen MR) is 80.9 cm³/mol. The van der Waals surface area contributed by atoms with Crippen molar-refractivity contribution in [3.63, 3.8) is 0 Å². The van der Waals surface area contributed by atoms with E-state index >= 15 is 0 Å². The average Bonchev–Trinajstić information content (AvgIpc) is 2.76. The Kier molecular flexibility index (Phi) is 4.70. The Labute approximate surface area is 123 Å². The summed E-state index contributed by atoms with van der Waals surface area (Å²) in [6.45, 7) is 1.98. The summed E-state index contributed by atoms with van der Waals surface area (Å²) >= 11 is 0. The van der Waals surface area contributed by atoms with Crippen molar-refractivity contribution >= 4 is 5.69 Å². The molecule has 0 radical (unpaired) electrons. The van der Waals surface area contributed by atoms with Crippen LogP contribution in [0.4, 0.5) is 5.69 Å². The van der Waals surface area contributed by atoms with Crippen molar-refractivity contribution in [3.8, 4) is 0 Å². The molecule has 0 aliphatic rings. The zero-order valence-corrected chi connectivity index (χ0v) is 12.3. The van der Waals surface area contributed by atoms with Crippen LogP contribution >= 0.6 is 0 Å². The normalized spacial score (nSPS) is 12.3. The fourth-order valence-electron chi connectivity index (χ4n) is 2.48. The largest absolute Gasteiger partial charge is 0.324 e. The van der Waals surface area contributed by atoms with Gasteiger partial charge < -0.3 is 5.73 Å². The fraction of sp³-hybridized carbons (Fsp3) is 0.400. The van der Waals surface area contributed by atoms with Gasteiger partial charge in [-0.25, -0.2) is 0 Å². The summed E-state index contributed by atoms with van der Waals surface area (Å²) in [5.41, 5.74) is 8.39. The highest BCUT2D eigenvalue weighted by Gasteiger charge is 2.27. The molecule has 2 rings (SSSR count). The number of hydrogen-bond acceptors (Lipinski definition) is 4. The molecular formula is C15H20N4O2. The van der Waals surface area contributed by atoms with Crippen molar-refractivity contribution in [3.05, 3.63) is 57.4 Å². The highest BCUT2D eigenvalue weighted by molar-refractivity contribution is 5.42. The molecule has 1 unspecified atom stereocenters. The van der Waals surface area contributed by atoms with Gasteiger partial charge >= 0.3 is 5.69 Å². The van der Waals surface area contributed by atoms with Crippen LogP contribution in [-0.2, 0) is 19.9 Å². The summed E-state index contributed by atoms with van der Waals surface area (Å²) in [6.07, 6.45) is 1.82. The number of aryl methyl sites for hydroxylation is 2. The first-order valence-corrected chi connectivity index (χ1v) is 7.04. The third kappa shape index (κ3) is 3.28. The quantitative estimate of drug-likeness (QED) is 0.653. The minimum atomic E-state index is -0.342. The molecule has 1 aromatic carbocycles. The van der Waals surface area contributed by atoms with E-state index in [2.05, 4.69) is 5.10 Å². The van der Waals surface area contributed by atoms with Crippen molar-refractivity contribution in [1.29, 1.82) is 0 Å². The molecule has 0 saturated heterocycles. The molecule has 0 aliphatic heterocycles. The lowest BCUT2D eigenvalue weighted by Crippen LogP contribution is -2.16. The number of aromatic nitrogens is 2. The lowest BCUT2D eigenvalue weighted by Gasteiger charge is -2.11. The molecule has 2 N–H and O–H groups in total. The van der Waals surface area contributed by atoms with Crippen LogP contribution in [0.5, 0.6) is 0 Å². The summed E-state index contributed by atoms with van der Waals surface area (Å²) in [5, 5.41) is 15.6. The van der Waals surface area contributed by atoms with Crippen LogP contribution < -0.4 is 5.73 Å². The second kappa shape index (κ2) is 6.49. The van der Waals surface area contributed by atoms with Gasteiger partial charge in [-0.2, -0.15) is 5.10 Å². The standard InChI is InChI=1S/C15H20N4O2/c1-3-7-13-15(19(20)21)14(18(2)17-13)10-12(16)11-8-5-4-6-9-11/h4-6,8-9,12H,3,7,10,16H2,1-2H3. The van der Waals surface area contributed by atoms with Gasteiger partial charge in [0.25, 0.3) is 0 Å². The summed E-state index contributed by atoms with van der Waals surface area (Å²) in [6, 6.07) is 9.32. The molecule has 2 aromatic rings. The third-order valence-corrected chi connectivity index (χ3v) is 3.52. The van der Waals surface area contributed by atoms with Crippen LogP contribution in [0.25, 0.3) is 0 Å². The highest BCUT2D eigenvalue weighted by atomic mass is 16.6. The molecule has 6 heteroatoms. The van der Waals surface area contributed by atoms with Crippen LogP contribution in [0, 0.1) is 10.1 Å². The molecule has 112 valence electrons. The van der Waals surface area contributed by atoms with Gasteiger partial charge in [-0.1, -0.05) is 43.7 Å². The maximum Gasteiger partial charge on any atom is 0.313 e. The maximum absolute atomic E-state index is 11.4. The van der Waals surface area contributed by atoms with Crippen LogP contribution in [-0.4, -0.2) is 14.7 Å². The van der Waals surface area contributed by atoms with Crippen LogP contribution in [0.1, 0.15) is 36.3 Å². The molecule has 0 bridgehead atoms. The van der Waals surface area contributed by atoms with Gasteiger partial charge in [0.1, 0.15) is 11.4 Å². The minimum absolute atomic E-state index is 0.116. The van der Waals surface area contributed by atoms with E-state index < -0.39 is 0 Å². The smallest absolute Gasteiger partial charge is 0.313 e. The first-order chi connectivity index (χ1) is 10.0. The van der Waals surface area contributed by atoms with Crippen LogP contribution in [0.15, 0.2) is 30.3 Å². The Balaban J connectivity index is 2.33. The average molecular weight is 288 g/mol. The lowest BCUT2D eigenvalue weighted by atomic mass is 10.0. The molecule has 0 amide bonds. The summed E-state index contributed by atoms with van der Waals surface area (Å²) in [5.74, 6) is 0. The Bertz CT molecular complexity index is 622. The lowest BCUT2D eigenvalue weighted by molar-refractivity contribution is -0.386. The Hall–Kier alpha value is -2.21. The van der Waals surface area contributed by atoms with Gasteiger partial charge in [0.15, 0.2) is 0 Å². The monoisotopic (exact) mass is 288 g/mol. The van der Waals surface area contributed by atoms with Gasteiger partial charge in [0, 0.05) is 19.5 Å². The molecule has 0 fully saturated rings. The zero-order chi connectivity index (χ0) is 15.4. The Morgan fingerprint density at radius 1 is 1.38 bits per heavy atom. The third-order valence-electron chi connectivity index (χ3n) is 3.52. The molecular weight excluding hydrogens is 268 g/mol. The van der Waals surface area contributed by atoms with Crippen molar-refractivity contribution in [2.45, 2.75) is 32.2 Å². The number of rotatable bonds is 6. The van der Waals surface area contributed by atoms with Gasteiger partial charge in [0.2, 0.25) is 0 Å². The van der Waals surface area contributed by atoms with Gasteiger partial charge in [-0.05, 0) is 12.0 Å². The molecule has 1 atom stereocenters. The van der Waals surface area contributed by atoms with E-state index in [0.29, 0.717) is 24.2 Å². The number of nitro groups is 1.